The number of esters is 1. The zero-order valence-electron chi connectivity index (χ0n) is 12.6. The number of ether oxygens (including phenoxy) is 1. The van der Waals surface area contributed by atoms with Crippen LogP contribution in [0.4, 0.5) is 15.8 Å². The van der Waals surface area contributed by atoms with Crippen LogP contribution in [0.15, 0.2) is 48.5 Å². The maximum absolute atomic E-state index is 12.8. The molecule has 0 saturated heterocycles. The second kappa shape index (κ2) is 7.32. The number of nitrogens with zero attached hydrogens (tertiary/aromatic N) is 1. The molecule has 0 aromatic heterocycles. The Balaban J connectivity index is 1.99. The Kier molecular flexibility index (Phi) is 5.20. The van der Waals surface area contributed by atoms with Gasteiger partial charge in [-0.15, -0.1) is 0 Å². The molecule has 2 aromatic rings. The summed E-state index contributed by atoms with van der Waals surface area (Å²) in [7, 11) is 0. The predicted octanol–water partition coefficient (Wildman–Crippen LogP) is 2.92. The lowest BCUT2D eigenvalue weighted by Crippen LogP contribution is -2.30. The van der Waals surface area contributed by atoms with E-state index in [1.54, 1.807) is 0 Å². The molecule has 0 aliphatic heterocycles. The van der Waals surface area contributed by atoms with Crippen LogP contribution < -0.4 is 5.32 Å². The topological polar surface area (TPSA) is 98.5 Å². The molecule has 1 atom stereocenters. The number of amides is 1. The Bertz CT molecular complexity index is 776. The average molecular weight is 332 g/mol. The number of non-ortho nitro benzene ring substituents is 1. The van der Waals surface area contributed by atoms with E-state index >= 15 is 0 Å². The van der Waals surface area contributed by atoms with Gasteiger partial charge in [0.05, 0.1) is 10.5 Å². The molecular weight excluding hydrogens is 319 g/mol. The van der Waals surface area contributed by atoms with E-state index in [0.717, 1.165) is 12.1 Å². The summed E-state index contributed by atoms with van der Waals surface area (Å²) in [5.74, 6) is -1.93. The second-order valence-corrected chi connectivity index (χ2v) is 4.85. The van der Waals surface area contributed by atoms with Crippen LogP contribution in [0.25, 0.3) is 0 Å². The van der Waals surface area contributed by atoms with Crippen LogP contribution in [-0.4, -0.2) is 22.9 Å². The molecule has 1 amide bonds. The molecule has 8 heteroatoms. The largest absolute Gasteiger partial charge is 0.449 e. The zero-order valence-corrected chi connectivity index (χ0v) is 12.6. The normalized spacial score (nSPS) is 11.4. The van der Waals surface area contributed by atoms with Crippen molar-refractivity contribution in [1.82, 2.24) is 0 Å². The van der Waals surface area contributed by atoms with Crippen molar-refractivity contribution >= 4 is 23.3 Å². The van der Waals surface area contributed by atoms with Gasteiger partial charge in [0.2, 0.25) is 0 Å². The van der Waals surface area contributed by atoms with Crippen molar-refractivity contribution in [3.63, 3.8) is 0 Å². The SMILES string of the molecule is C[C@H](OC(=O)c1ccc(F)cc1)C(=O)Nc1cccc([N+](=O)[O-])c1. The Hall–Kier alpha value is -3.29. The smallest absolute Gasteiger partial charge is 0.338 e. The number of hydrogen-bond acceptors (Lipinski definition) is 5. The van der Waals surface area contributed by atoms with Crippen LogP contribution in [-0.2, 0) is 9.53 Å². The van der Waals surface area contributed by atoms with E-state index < -0.39 is 28.7 Å². The number of hydrogen-bond donors (Lipinski definition) is 1. The Morgan fingerprint density at radius 1 is 1.21 bits per heavy atom. The van der Waals surface area contributed by atoms with Crippen LogP contribution in [0, 0.1) is 15.9 Å². The molecule has 0 fully saturated rings. The summed E-state index contributed by atoms with van der Waals surface area (Å²) in [5.41, 5.74) is 0.133. The molecule has 0 saturated carbocycles. The van der Waals surface area contributed by atoms with Gasteiger partial charge in [-0.25, -0.2) is 9.18 Å². The van der Waals surface area contributed by atoms with Crippen LogP contribution in [0.2, 0.25) is 0 Å². The highest BCUT2D eigenvalue weighted by Gasteiger charge is 2.19. The number of benzene rings is 2. The van der Waals surface area contributed by atoms with Gasteiger partial charge >= 0.3 is 5.97 Å². The summed E-state index contributed by atoms with van der Waals surface area (Å²) >= 11 is 0. The molecule has 2 rings (SSSR count). The van der Waals surface area contributed by atoms with E-state index in [1.165, 1.54) is 43.3 Å². The first-order valence-electron chi connectivity index (χ1n) is 6.88. The van der Waals surface area contributed by atoms with Gasteiger partial charge in [-0.3, -0.25) is 14.9 Å². The average Bonchev–Trinajstić information content (AvgIpc) is 2.55. The van der Waals surface area contributed by atoms with Crippen molar-refractivity contribution in [2.75, 3.05) is 5.32 Å². The summed E-state index contributed by atoms with van der Waals surface area (Å²) in [4.78, 5) is 34.0. The molecular formula is C16H13FN2O5. The third kappa shape index (κ3) is 4.35. The summed E-state index contributed by atoms with van der Waals surface area (Å²) < 4.78 is 17.8. The molecule has 124 valence electrons. The van der Waals surface area contributed by atoms with Crippen LogP contribution >= 0.6 is 0 Å². The number of carbonyl (C=O) groups is 2. The molecule has 7 nitrogen and oxygen atoms in total. The molecule has 0 radical (unpaired) electrons. The van der Waals surface area contributed by atoms with Crippen molar-refractivity contribution < 1.29 is 23.6 Å². The number of nitro benzene ring substituents is 1. The van der Waals surface area contributed by atoms with Gasteiger partial charge in [0.1, 0.15) is 5.82 Å². The summed E-state index contributed by atoms with van der Waals surface area (Å²) in [6.45, 7) is 1.36. The fourth-order valence-electron chi connectivity index (χ4n) is 1.81. The number of nitrogens with one attached hydrogen (secondary N) is 1. The maximum atomic E-state index is 12.8. The maximum Gasteiger partial charge on any atom is 0.338 e. The van der Waals surface area contributed by atoms with E-state index in [1.807, 2.05) is 0 Å². The highest BCUT2D eigenvalue weighted by atomic mass is 19.1. The molecule has 0 spiro atoms. The van der Waals surface area contributed by atoms with Crippen molar-refractivity contribution in [3.8, 4) is 0 Å². The van der Waals surface area contributed by atoms with Crippen LogP contribution in [0.3, 0.4) is 0 Å². The van der Waals surface area contributed by atoms with Crippen molar-refractivity contribution in [1.29, 1.82) is 0 Å². The number of anilines is 1. The lowest BCUT2D eigenvalue weighted by Gasteiger charge is -2.13. The van der Waals surface area contributed by atoms with Gasteiger partial charge in [-0.05, 0) is 37.3 Å². The fraction of sp³-hybridized carbons (Fsp3) is 0.125. The first-order chi connectivity index (χ1) is 11.4. The van der Waals surface area contributed by atoms with Gasteiger partial charge in [-0.1, -0.05) is 6.07 Å². The number of carbonyl (C=O) groups excluding carboxylic acids is 2. The quantitative estimate of drug-likeness (QED) is 0.515. The molecule has 0 heterocycles. The third-order valence-electron chi connectivity index (χ3n) is 3.06. The Morgan fingerprint density at radius 2 is 1.88 bits per heavy atom. The number of halogens is 1. The van der Waals surface area contributed by atoms with Crippen LogP contribution in [0.5, 0.6) is 0 Å². The summed E-state index contributed by atoms with van der Waals surface area (Å²) in [6.07, 6.45) is -1.14. The lowest BCUT2D eigenvalue weighted by atomic mass is 10.2. The fourth-order valence-corrected chi connectivity index (χ4v) is 1.81. The highest BCUT2D eigenvalue weighted by molar-refractivity contribution is 5.97. The van der Waals surface area contributed by atoms with E-state index in [9.17, 15) is 24.1 Å². The first kappa shape index (κ1) is 17.1. The summed E-state index contributed by atoms with van der Waals surface area (Å²) in [6, 6.07) is 10.0. The molecule has 0 bridgehead atoms. The number of nitro groups is 1. The summed E-state index contributed by atoms with van der Waals surface area (Å²) in [5, 5.41) is 13.1. The Morgan fingerprint density at radius 3 is 2.50 bits per heavy atom. The Labute approximate surface area is 136 Å². The molecule has 0 unspecified atom stereocenters. The zero-order chi connectivity index (χ0) is 17.7. The van der Waals surface area contributed by atoms with Gasteiger partial charge in [0.25, 0.3) is 11.6 Å². The van der Waals surface area contributed by atoms with Gasteiger partial charge in [-0.2, -0.15) is 0 Å². The second-order valence-electron chi connectivity index (χ2n) is 4.85. The standard InChI is InChI=1S/C16H13FN2O5/c1-10(24-16(21)11-5-7-12(17)8-6-11)15(20)18-13-3-2-4-14(9-13)19(22)23/h2-10H,1H3,(H,18,20)/t10-/m0/s1. The van der Waals surface area contributed by atoms with Gasteiger partial charge in [0.15, 0.2) is 6.10 Å². The first-order valence-corrected chi connectivity index (χ1v) is 6.88. The van der Waals surface area contributed by atoms with Gasteiger partial charge in [0, 0.05) is 17.8 Å². The van der Waals surface area contributed by atoms with Crippen molar-refractivity contribution in [2.24, 2.45) is 0 Å². The lowest BCUT2D eigenvalue weighted by molar-refractivity contribution is -0.384. The monoisotopic (exact) mass is 332 g/mol. The van der Waals surface area contributed by atoms with Crippen molar-refractivity contribution in [2.45, 2.75) is 13.0 Å². The minimum Gasteiger partial charge on any atom is -0.449 e. The molecule has 0 aliphatic rings. The van der Waals surface area contributed by atoms with E-state index in [4.69, 9.17) is 4.74 Å². The minimum atomic E-state index is -1.14. The van der Waals surface area contributed by atoms with E-state index in [2.05, 4.69) is 5.32 Å². The molecule has 24 heavy (non-hydrogen) atoms. The molecule has 2 aromatic carbocycles. The van der Waals surface area contributed by atoms with Crippen LogP contribution in [0.1, 0.15) is 17.3 Å². The highest BCUT2D eigenvalue weighted by Crippen LogP contribution is 2.17. The van der Waals surface area contributed by atoms with Gasteiger partial charge < -0.3 is 10.1 Å². The minimum absolute atomic E-state index is 0.103. The van der Waals surface area contributed by atoms with Crippen molar-refractivity contribution in [3.05, 3.63) is 70.0 Å². The third-order valence-corrected chi connectivity index (χ3v) is 3.06. The number of rotatable bonds is 5. The molecule has 0 aliphatic carbocycles. The predicted molar refractivity (Wildman–Crippen MR) is 83.0 cm³/mol. The van der Waals surface area contributed by atoms with E-state index in [-0.39, 0.29) is 16.9 Å². The molecule has 1 N–H and O–H groups in total. The van der Waals surface area contributed by atoms with E-state index in [0.29, 0.717) is 0 Å².